The first-order valence-electron chi connectivity index (χ1n) is 5.29. The molecule has 0 aliphatic rings. The fraction of sp³-hybridized carbons (Fsp3) is 0.545. The summed E-state index contributed by atoms with van der Waals surface area (Å²) in [5, 5.41) is -0.372. The van der Waals surface area contributed by atoms with Crippen LogP contribution in [0.2, 0.25) is 0 Å². The maximum Gasteiger partial charge on any atom is 0.345 e. The van der Waals surface area contributed by atoms with Crippen LogP contribution in [0.4, 0.5) is 0 Å². The molecule has 0 fully saturated rings. The van der Waals surface area contributed by atoms with Crippen LogP contribution in [0.1, 0.15) is 20.8 Å². The first kappa shape index (κ1) is 15.7. The van der Waals surface area contributed by atoms with Crippen LogP contribution in [0.3, 0.4) is 0 Å². The van der Waals surface area contributed by atoms with Gasteiger partial charge in [0.25, 0.3) is 0 Å². The molecule has 0 aliphatic heterocycles. The van der Waals surface area contributed by atoms with Crippen molar-refractivity contribution < 1.29 is 23.9 Å². The van der Waals surface area contributed by atoms with Crippen molar-refractivity contribution >= 4 is 28.8 Å². The van der Waals surface area contributed by atoms with Gasteiger partial charge in [-0.25, -0.2) is 9.59 Å². The maximum absolute atomic E-state index is 11.4. The standard InChI is InChI=1S/C11H16O5S/c1-4-15-10(13)8(11(14)16-5-2)7-9(12)17-6-3/h7H,4-6H2,1-3H3. The smallest absolute Gasteiger partial charge is 0.345 e. The second kappa shape index (κ2) is 8.81. The van der Waals surface area contributed by atoms with Crippen molar-refractivity contribution in [3.05, 3.63) is 11.6 Å². The molecule has 17 heavy (non-hydrogen) atoms. The van der Waals surface area contributed by atoms with Gasteiger partial charge in [0.15, 0.2) is 0 Å². The summed E-state index contributed by atoms with van der Waals surface area (Å²) in [7, 11) is 0. The summed E-state index contributed by atoms with van der Waals surface area (Å²) < 4.78 is 9.36. The van der Waals surface area contributed by atoms with Gasteiger partial charge in [-0.15, -0.1) is 0 Å². The third kappa shape index (κ3) is 6.11. The van der Waals surface area contributed by atoms with Gasteiger partial charge < -0.3 is 9.47 Å². The highest BCUT2D eigenvalue weighted by atomic mass is 32.2. The molecule has 0 bridgehead atoms. The molecule has 96 valence electrons. The van der Waals surface area contributed by atoms with E-state index in [0.29, 0.717) is 5.75 Å². The second-order valence-electron chi connectivity index (χ2n) is 2.75. The SMILES string of the molecule is CCOC(=O)C(=CC(=O)SCC)C(=O)OCC. The topological polar surface area (TPSA) is 69.7 Å². The number of rotatable bonds is 6. The van der Waals surface area contributed by atoms with E-state index in [-0.39, 0.29) is 23.9 Å². The number of carbonyl (C=O) groups excluding carboxylic acids is 3. The van der Waals surface area contributed by atoms with Crippen molar-refractivity contribution in [2.75, 3.05) is 19.0 Å². The zero-order valence-corrected chi connectivity index (χ0v) is 11.0. The summed E-state index contributed by atoms with van der Waals surface area (Å²) in [6.45, 7) is 5.28. The minimum Gasteiger partial charge on any atom is -0.462 e. The van der Waals surface area contributed by atoms with E-state index in [9.17, 15) is 14.4 Å². The van der Waals surface area contributed by atoms with E-state index in [4.69, 9.17) is 0 Å². The maximum atomic E-state index is 11.4. The van der Waals surface area contributed by atoms with Gasteiger partial charge in [0, 0.05) is 6.08 Å². The van der Waals surface area contributed by atoms with Gasteiger partial charge in [-0.05, 0) is 19.6 Å². The molecule has 0 aromatic carbocycles. The lowest BCUT2D eigenvalue weighted by atomic mass is 10.2. The molecule has 0 rings (SSSR count). The Morgan fingerprint density at radius 1 is 1.00 bits per heavy atom. The lowest BCUT2D eigenvalue weighted by Crippen LogP contribution is -2.19. The molecule has 0 spiro atoms. The van der Waals surface area contributed by atoms with Crippen molar-refractivity contribution in [3.63, 3.8) is 0 Å². The Kier molecular flexibility index (Phi) is 8.13. The van der Waals surface area contributed by atoms with Gasteiger partial charge in [-0.1, -0.05) is 18.7 Å². The molecule has 0 saturated carbocycles. The molecular formula is C11H16O5S. The monoisotopic (exact) mass is 260 g/mol. The van der Waals surface area contributed by atoms with Crippen molar-refractivity contribution in [2.45, 2.75) is 20.8 Å². The molecule has 0 aliphatic carbocycles. The molecular weight excluding hydrogens is 244 g/mol. The van der Waals surface area contributed by atoms with Gasteiger partial charge in [0.05, 0.1) is 13.2 Å². The van der Waals surface area contributed by atoms with Gasteiger partial charge in [-0.3, -0.25) is 4.79 Å². The molecule has 0 amide bonds. The number of ether oxygens (including phenoxy) is 2. The van der Waals surface area contributed by atoms with Gasteiger partial charge in [0.2, 0.25) is 5.12 Å². The highest BCUT2D eigenvalue weighted by molar-refractivity contribution is 8.14. The molecule has 6 heteroatoms. The summed E-state index contributed by atoms with van der Waals surface area (Å²) in [6, 6.07) is 0. The van der Waals surface area contributed by atoms with Crippen LogP contribution in [0.15, 0.2) is 11.6 Å². The quantitative estimate of drug-likeness (QED) is 0.310. The molecule has 0 atom stereocenters. The summed E-state index contributed by atoms with van der Waals surface area (Å²) in [4.78, 5) is 34.2. The number of thioether (sulfide) groups is 1. The lowest BCUT2D eigenvalue weighted by Gasteiger charge is -2.05. The van der Waals surface area contributed by atoms with E-state index >= 15 is 0 Å². The molecule has 0 aromatic rings. The van der Waals surface area contributed by atoms with E-state index in [2.05, 4.69) is 9.47 Å². The van der Waals surface area contributed by atoms with E-state index in [1.807, 2.05) is 0 Å². The predicted octanol–water partition coefficient (Wildman–Crippen LogP) is 1.32. The third-order valence-corrected chi connectivity index (χ3v) is 2.23. The number of hydrogen-bond acceptors (Lipinski definition) is 6. The number of carbonyl (C=O) groups is 3. The normalized spacial score (nSPS) is 9.35. The first-order valence-corrected chi connectivity index (χ1v) is 6.28. The zero-order valence-electron chi connectivity index (χ0n) is 10.1. The Morgan fingerprint density at radius 3 is 1.82 bits per heavy atom. The fourth-order valence-corrected chi connectivity index (χ4v) is 1.41. The molecule has 0 saturated heterocycles. The molecule has 0 radical (unpaired) electrons. The molecule has 5 nitrogen and oxygen atoms in total. The Bertz CT molecular complexity index is 302. The largest absolute Gasteiger partial charge is 0.462 e. The zero-order chi connectivity index (χ0) is 13.3. The highest BCUT2D eigenvalue weighted by Gasteiger charge is 2.22. The van der Waals surface area contributed by atoms with E-state index in [1.165, 1.54) is 0 Å². The van der Waals surface area contributed by atoms with E-state index in [1.54, 1.807) is 20.8 Å². The fourth-order valence-electron chi connectivity index (χ4n) is 0.921. The van der Waals surface area contributed by atoms with Crippen LogP contribution >= 0.6 is 11.8 Å². The molecule has 0 aromatic heterocycles. The third-order valence-electron chi connectivity index (χ3n) is 1.54. The Balaban J connectivity index is 4.89. The molecule has 0 unspecified atom stereocenters. The van der Waals surface area contributed by atoms with Crippen LogP contribution < -0.4 is 0 Å². The van der Waals surface area contributed by atoms with Crippen molar-refractivity contribution in [1.29, 1.82) is 0 Å². The average Bonchev–Trinajstić information content (AvgIpc) is 2.26. The Labute approximate surface area is 105 Å². The number of esters is 2. The van der Waals surface area contributed by atoms with Gasteiger partial charge >= 0.3 is 11.9 Å². The van der Waals surface area contributed by atoms with E-state index in [0.717, 1.165) is 17.8 Å². The minimum absolute atomic E-state index is 0.130. The predicted molar refractivity (Wildman–Crippen MR) is 64.5 cm³/mol. The lowest BCUT2D eigenvalue weighted by molar-refractivity contribution is -0.146. The van der Waals surface area contributed by atoms with Gasteiger partial charge in [0.1, 0.15) is 5.57 Å². The Morgan fingerprint density at radius 2 is 1.47 bits per heavy atom. The van der Waals surface area contributed by atoms with E-state index < -0.39 is 11.9 Å². The van der Waals surface area contributed by atoms with Crippen LogP contribution in [-0.4, -0.2) is 36.0 Å². The summed E-state index contributed by atoms with van der Waals surface area (Å²) >= 11 is 1.000. The molecule has 0 heterocycles. The van der Waals surface area contributed by atoms with Crippen molar-refractivity contribution in [1.82, 2.24) is 0 Å². The van der Waals surface area contributed by atoms with Crippen LogP contribution in [0.25, 0.3) is 0 Å². The first-order chi connectivity index (χ1) is 8.06. The average molecular weight is 260 g/mol. The summed E-state index contributed by atoms with van der Waals surface area (Å²) in [5.74, 6) is -1.11. The highest BCUT2D eigenvalue weighted by Crippen LogP contribution is 2.08. The number of hydrogen-bond donors (Lipinski definition) is 0. The van der Waals surface area contributed by atoms with Crippen molar-refractivity contribution in [3.8, 4) is 0 Å². The van der Waals surface area contributed by atoms with Crippen LogP contribution in [0.5, 0.6) is 0 Å². The van der Waals surface area contributed by atoms with Crippen LogP contribution in [-0.2, 0) is 23.9 Å². The molecule has 0 N–H and O–H groups in total. The Hall–Kier alpha value is -1.30. The van der Waals surface area contributed by atoms with Crippen molar-refractivity contribution in [2.24, 2.45) is 0 Å². The summed E-state index contributed by atoms with van der Waals surface area (Å²) in [5.41, 5.74) is -0.361. The second-order valence-corrected chi connectivity index (χ2v) is 4.02. The van der Waals surface area contributed by atoms with Crippen LogP contribution in [0, 0.1) is 0 Å². The minimum atomic E-state index is -0.837. The van der Waals surface area contributed by atoms with Gasteiger partial charge in [-0.2, -0.15) is 0 Å². The summed E-state index contributed by atoms with van der Waals surface area (Å²) in [6.07, 6.45) is 0.962.